The average Bonchev–Trinajstić information content (AvgIpc) is 3.09. The van der Waals surface area contributed by atoms with E-state index in [0.29, 0.717) is 64.6 Å². The maximum atomic E-state index is 13.1. The SMILES string of the molecule is CCO[Si](CCCNC(=O)c1ccc(Oc2ccc(C(=O)O)c(C(=O)NCCC[Si](OCC)(OCC)OCC)c2)cc1C(=O)O)(OCC)OCC. The van der Waals surface area contributed by atoms with E-state index in [2.05, 4.69) is 10.6 Å². The topological polar surface area (TPSA) is 197 Å². The molecule has 0 heterocycles. The molecule has 0 aliphatic carbocycles. The first-order chi connectivity index (χ1) is 24.4. The normalized spacial score (nSPS) is 11.6. The maximum Gasteiger partial charge on any atom is 0.500 e. The summed E-state index contributed by atoms with van der Waals surface area (Å²) in [6, 6.07) is 8.68. The molecule has 0 saturated heterocycles. The van der Waals surface area contributed by atoms with Gasteiger partial charge in [0.1, 0.15) is 11.5 Å². The molecule has 0 bridgehead atoms. The van der Waals surface area contributed by atoms with E-state index in [-0.39, 0.29) is 46.8 Å². The molecule has 0 aliphatic rings. The lowest BCUT2D eigenvalue weighted by atomic mass is 10.1. The molecule has 2 amide bonds. The van der Waals surface area contributed by atoms with Gasteiger partial charge in [-0.05, 0) is 90.8 Å². The van der Waals surface area contributed by atoms with Crippen LogP contribution in [0.4, 0.5) is 0 Å². The smallest absolute Gasteiger partial charge is 0.478 e. The van der Waals surface area contributed by atoms with Crippen molar-refractivity contribution in [2.24, 2.45) is 0 Å². The first-order valence-corrected chi connectivity index (χ1v) is 21.1. The Morgan fingerprint density at radius 3 is 1.25 bits per heavy atom. The highest BCUT2D eigenvalue weighted by Crippen LogP contribution is 2.27. The molecule has 51 heavy (non-hydrogen) atoms. The number of carbonyl (C=O) groups is 4. The van der Waals surface area contributed by atoms with Gasteiger partial charge in [-0.15, -0.1) is 0 Å². The molecule has 0 atom stereocenters. The minimum atomic E-state index is -2.92. The predicted octanol–water partition coefficient (Wildman–Crippen LogP) is 5.21. The van der Waals surface area contributed by atoms with Crippen LogP contribution < -0.4 is 15.4 Å². The highest BCUT2D eigenvalue weighted by atomic mass is 28.4. The highest BCUT2D eigenvalue weighted by molar-refractivity contribution is 6.61. The molecular formula is C34H52N2O13Si2. The molecule has 284 valence electrons. The number of nitrogens with one attached hydrogen (secondary N) is 2. The fraction of sp³-hybridized carbons (Fsp3) is 0.529. The zero-order valence-corrected chi connectivity index (χ0v) is 32.3. The number of aromatic carboxylic acids is 2. The Labute approximate surface area is 301 Å². The van der Waals surface area contributed by atoms with Crippen LogP contribution in [0.25, 0.3) is 0 Å². The summed E-state index contributed by atoms with van der Waals surface area (Å²) in [5.41, 5.74) is -0.785. The predicted molar refractivity (Wildman–Crippen MR) is 192 cm³/mol. The van der Waals surface area contributed by atoms with Gasteiger partial charge in [-0.1, -0.05) is 0 Å². The Morgan fingerprint density at radius 2 is 0.882 bits per heavy atom. The molecule has 2 rings (SSSR count). The van der Waals surface area contributed by atoms with E-state index < -0.39 is 41.4 Å². The Hall–Kier alpha value is -3.69. The average molecular weight is 753 g/mol. The van der Waals surface area contributed by atoms with Crippen molar-refractivity contribution in [2.45, 2.75) is 66.5 Å². The Kier molecular flexibility index (Phi) is 19.0. The van der Waals surface area contributed by atoms with Crippen molar-refractivity contribution in [1.82, 2.24) is 10.6 Å². The molecule has 4 N–H and O–H groups in total. The molecule has 0 unspecified atom stereocenters. The lowest BCUT2D eigenvalue weighted by Gasteiger charge is -2.28. The molecule has 2 aromatic carbocycles. The largest absolute Gasteiger partial charge is 0.500 e. The second-order valence-corrected chi connectivity index (χ2v) is 16.3. The summed E-state index contributed by atoms with van der Waals surface area (Å²) in [6.07, 6.45) is 0.949. The number of hydrogen-bond acceptors (Lipinski definition) is 11. The number of rotatable bonds is 26. The van der Waals surface area contributed by atoms with Gasteiger partial charge in [0.15, 0.2) is 0 Å². The Morgan fingerprint density at radius 1 is 0.529 bits per heavy atom. The molecular weight excluding hydrogens is 701 g/mol. The minimum Gasteiger partial charge on any atom is -0.478 e. The monoisotopic (exact) mass is 752 g/mol. The van der Waals surface area contributed by atoms with Crippen molar-refractivity contribution in [2.75, 3.05) is 52.7 Å². The van der Waals surface area contributed by atoms with E-state index in [1.165, 1.54) is 36.4 Å². The molecule has 0 radical (unpaired) electrons. The van der Waals surface area contributed by atoms with E-state index >= 15 is 0 Å². The molecule has 0 fully saturated rings. The van der Waals surface area contributed by atoms with E-state index in [1.807, 2.05) is 41.5 Å². The van der Waals surface area contributed by atoms with E-state index in [4.69, 9.17) is 31.3 Å². The summed E-state index contributed by atoms with van der Waals surface area (Å²) in [7, 11) is -5.82. The molecule has 2 aromatic rings. The van der Waals surface area contributed by atoms with Gasteiger partial charge in [-0.3, -0.25) is 9.59 Å². The van der Waals surface area contributed by atoms with Crippen molar-refractivity contribution in [3.63, 3.8) is 0 Å². The zero-order valence-electron chi connectivity index (χ0n) is 30.3. The quantitative estimate of drug-likeness (QED) is 0.0722. The van der Waals surface area contributed by atoms with Crippen LogP contribution in [0.15, 0.2) is 36.4 Å². The van der Waals surface area contributed by atoms with Crippen molar-refractivity contribution in [1.29, 1.82) is 0 Å². The lowest BCUT2D eigenvalue weighted by Crippen LogP contribution is -2.46. The van der Waals surface area contributed by atoms with Crippen molar-refractivity contribution in [3.8, 4) is 11.5 Å². The van der Waals surface area contributed by atoms with Gasteiger partial charge in [0.2, 0.25) is 0 Å². The van der Waals surface area contributed by atoms with Gasteiger partial charge in [-0.25, -0.2) is 9.59 Å². The first kappa shape index (κ1) is 43.5. The van der Waals surface area contributed by atoms with Gasteiger partial charge >= 0.3 is 29.5 Å². The van der Waals surface area contributed by atoms with Gasteiger partial charge in [0.25, 0.3) is 11.8 Å². The van der Waals surface area contributed by atoms with Gasteiger partial charge in [-0.2, -0.15) is 0 Å². The van der Waals surface area contributed by atoms with Crippen LogP contribution in [0.1, 0.15) is 95.8 Å². The van der Waals surface area contributed by atoms with Crippen LogP contribution in [0, 0.1) is 0 Å². The van der Waals surface area contributed by atoms with Crippen LogP contribution in [0.2, 0.25) is 12.1 Å². The third-order valence-corrected chi connectivity index (χ3v) is 13.5. The number of carbonyl (C=O) groups excluding carboxylic acids is 2. The third-order valence-electron chi connectivity index (χ3n) is 7.24. The number of amides is 2. The Bertz CT molecular complexity index is 1410. The molecule has 0 spiro atoms. The van der Waals surface area contributed by atoms with Crippen LogP contribution in [-0.2, 0) is 26.6 Å². The van der Waals surface area contributed by atoms with Crippen LogP contribution in [-0.4, -0.2) is 104 Å². The number of hydrogen-bond donors (Lipinski definition) is 4. The summed E-state index contributed by atoms with van der Waals surface area (Å²) >= 11 is 0. The van der Waals surface area contributed by atoms with Gasteiger partial charge in [0.05, 0.1) is 22.3 Å². The van der Waals surface area contributed by atoms with Gasteiger partial charge < -0.3 is 52.1 Å². The standard InChI is InChI=1S/C34H52N2O13Si2/c1-7-43-50(44-8-2,45-9-3)21-13-19-35-31(37)27-17-15-26(24-30(27)34(41)42)49-25-16-18-28(33(39)40)29(23-25)32(38)36-20-14-22-51(46-10-4,47-11-5)48-12-6/h15-18,23-24H,7-14,19-22H2,1-6H3,(H,35,37)(H,36,38)(H,39,40)(H,41,42). The van der Waals surface area contributed by atoms with Crippen LogP contribution >= 0.6 is 0 Å². The third kappa shape index (κ3) is 13.4. The van der Waals surface area contributed by atoms with Gasteiger partial charge in [0, 0.05) is 64.8 Å². The molecule has 15 nitrogen and oxygen atoms in total. The fourth-order valence-electron chi connectivity index (χ4n) is 5.27. The second-order valence-electron chi connectivity index (χ2n) is 10.8. The highest BCUT2D eigenvalue weighted by Gasteiger charge is 2.40. The summed E-state index contributed by atoms with van der Waals surface area (Å²) in [5.74, 6) is -3.76. The van der Waals surface area contributed by atoms with Crippen LogP contribution in [0.5, 0.6) is 11.5 Å². The summed E-state index contributed by atoms with van der Waals surface area (Å²) < 4.78 is 40.9. The number of carboxylic acid groups (broad SMARTS) is 2. The summed E-state index contributed by atoms with van der Waals surface area (Å²) in [5, 5.41) is 25.1. The molecule has 0 aliphatic heterocycles. The summed E-state index contributed by atoms with van der Waals surface area (Å²) in [6.45, 7) is 14.1. The van der Waals surface area contributed by atoms with E-state index in [9.17, 15) is 29.4 Å². The summed E-state index contributed by atoms with van der Waals surface area (Å²) in [4.78, 5) is 50.2. The molecule has 0 saturated carbocycles. The van der Waals surface area contributed by atoms with Crippen molar-refractivity contribution in [3.05, 3.63) is 58.7 Å². The molecule has 17 heteroatoms. The Balaban J connectivity index is 2.16. The van der Waals surface area contributed by atoms with Crippen LogP contribution in [0.3, 0.4) is 0 Å². The van der Waals surface area contributed by atoms with E-state index in [1.54, 1.807) is 0 Å². The van der Waals surface area contributed by atoms with Crippen molar-refractivity contribution >= 4 is 41.4 Å². The first-order valence-electron chi connectivity index (χ1n) is 17.3. The second kappa shape index (κ2) is 22.3. The fourth-order valence-corrected chi connectivity index (χ4v) is 10.5. The number of carboxylic acids is 2. The maximum absolute atomic E-state index is 13.1. The molecule has 0 aromatic heterocycles. The minimum absolute atomic E-state index is 0.0587. The number of benzene rings is 2. The van der Waals surface area contributed by atoms with Crippen molar-refractivity contribution < 1.29 is 60.7 Å². The van der Waals surface area contributed by atoms with E-state index in [0.717, 1.165) is 0 Å². The zero-order chi connectivity index (χ0) is 37.9. The number of ether oxygens (including phenoxy) is 1. The lowest BCUT2D eigenvalue weighted by molar-refractivity contribution is 0.0681.